The number of hydrogen-bond acceptors (Lipinski definition) is 2. The molecule has 1 N–H and O–H groups in total. The molecule has 3 nitrogen and oxygen atoms in total. The molecule has 1 amide bonds. The van der Waals surface area contributed by atoms with Crippen LogP contribution in [0, 0.1) is 0 Å². The predicted molar refractivity (Wildman–Crippen MR) is 78.2 cm³/mol. The van der Waals surface area contributed by atoms with Gasteiger partial charge in [-0.05, 0) is 26.2 Å². The Bertz CT molecular complexity index is 459. The lowest BCUT2D eigenvalue weighted by molar-refractivity contribution is -0.134. The number of nitrogens with one attached hydrogen (secondary N) is 1. The predicted octanol–water partition coefficient (Wildman–Crippen LogP) is 2.77. The van der Waals surface area contributed by atoms with Gasteiger partial charge in [0, 0.05) is 18.7 Å². The van der Waals surface area contributed by atoms with Gasteiger partial charge in [0.2, 0.25) is 5.91 Å². The van der Waals surface area contributed by atoms with Gasteiger partial charge in [0.1, 0.15) is 0 Å². The maximum absolute atomic E-state index is 14.0. The topological polar surface area (TPSA) is 32.3 Å². The fourth-order valence-electron chi connectivity index (χ4n) is 2.54. The second-order valence-corrected chi connectivity index (χ2v) is 5.56. The van der Waals surface area contributed by atoms with Crippen LogP contribution in [0.3, 0.4) is 0 Å². The summed E-state index contributed by atoms with van der Waals surface area (Å²) < 4.78 is 28.1. The van der Waals surface area contributed by atoms with Crippen LogP contribution >= 0.6 is 0 Å². The van der Waals surface area contributed by atoms with Crippen molar-refractivity contribution in [3.05, 3.63) is 35.9 Å². The molecule has 1 unspecified atom stereocenters. The molecular formula is C16H22F2N2O. The molecule has 5 heteroatoms. The number of piperidine rings is 1. The highest BCUT2D eigenvalue weighted by Gasteiger charge is 2.32. The molecule has 1 saturated heterocycles. The minimum Gasteiger partial charge on any atom is -0.341 e. The van der Waals surface area contributed by atoms with Gasteiger partial charge in [0.15, 0.2) is 0 Å². The minimum atomic E-state index is -2.97. The molecule has 1 aromatic rings. The number of rotatable bonds is 5. The summed E-state index contributed by atoms with van der Waals surface area (Å²) in [5, 5.41) is 2.68. The van der Waals surface area contributed by atoms with Crippen molar-refractivity contribution in [3.8, 4) is 0 Å². The van der Waals surface area contributed by atoms with Gasteiger partial charge in [-0.3, -0.25) is 4.79 Å². The van der Waals surface area contributed by atoms with Crippen molar-refractivity contribution in [3.63, 3.8) is 0 Å². The monoisotopic (exact) mass is 296 g/mol. The smallest absolute Gasteiger partial charge is 0.285 e. The molecule has 0 aliphatic carbocycles. The van der Waals surface area contributed by atoms with E-state index < -0.39 is 18.5 Å². The van der Waals surface area contributed by atoms with Crippen LogP contribution < -0.4 is 5.32 Å². The second kappa shape index (κ2) is 6.98. The third kappa shape index (κ3) is 4.24. The van der Waals surface area contributed by atoms with E-state index in [1.54, 1.807) is 30.0 Å². The first-order valence-electron chi connectivity index (χ1n) is 7.46. The summed E-state index contributed by atoms with van der Waals surface area (Å²) in [5.74, 6) is -3.06. The van der Waals surface area contributed by atoms with Crippen LogP contribution in [0.5, 0.6) is 0 Å². The Morgan fingerprint density at radius 1 is 1.24 bits per heavy atom. The maximum Gasteiger partial charge on any atom is 0.285 e. The first kappa shape index (κ1) is 15.9. The van der Waals surface area contributed by atoms with E-state index in [1.807, 2.05) is 0 Å². The number of benzene rings is 1. The minimum absolute atomic E-state index is 0.0323. The molecule has 2 rings (SSSR count). The van der Waals surface area contributed by atoms with Crippen LogP contribution in [0.15, 0.2) is 30.3 Å². The summed E-state index contributed by atoms with van der Waals surface area (Å²) in [6.07, 6.45) is 3.13. The number of alkyl halides is 2. The molecule has 1 aliphatic rings. The summed E-state index contributed by atoms with van der Waals surface area (Å²) in [6.45, 7) is 2.59. The molecule has 0 bridgehead atoms. The van der Waals surface area contributed by atoms with Crippen molar-refractivity contribution in [2.75, 3.05) is 19.6 Å². The largest absolute Gasteiger partial charge is 0.341 e. The fraction of sp³-hybridized carbons (Fsp3) is 0.562. The van der Waals surface area contributed by atoms with E-state index >= 15 is 0 Å². The van der Waals surface area contributed by atoms with Crippen LogP contribution in [-0.4, -0.2) is 36.5 Å². The Hall–Kier alpha value is -1.49. The van der Waals surface area contributed by atoms with E-state index in [-0.39, 0.29) is 11.5 Å². The quantitative estimate of drug-likeness (QED) is 0.906. The summed E-state index contributed by atoms with van der Waals surface area (Å²) >= 11 is 0. The van der Waals surface area contributed by atoms with Crippen molar-refractivity contribution >= 4 is 5.91 Å². The third-order valence-electron chi connectivity index (χ3n) is 3.86. The van der Waals surface area contributed by atoms with Crippen LogP contribution in [0.1, 0.15) is 31.7 Å². The van der Waals surface area contributed by atoms with Gasteiger partial charge in [-0.2, -0.15) is 8.78 Å². The Labute approximate surface area is 124 Å². The maximum atomic E-state index is 14.0. The lowest BCUT2D eigenvalue weighted by Crippen LogP contribution is -2.48. The van der Waals surface area contributed by atoms with Crippen LogP contribution in [0.2, 0.25) is 0 Å². The first-order valence-corrected chi connectivity index (χ1v) is 7.46. The van der Waals surface area contributed by atoms with Crippen molar-refractivity contribution < 1.29 is 13.6 Å². The molecule has 0 spiro atoms. The number of carbonyl (C=O) groups is 1. The highest BCUT2D eigenvalue weighted by atomic mass is 19.3. The summed E-state index contributed by atoms with van der Waals surface area (Å²) in [6, 6.07) is 7.10. The van der Waals surface area contributed by atoms with E-state index in [0.717, 1.165) is 32.4 Å². The number of halogens is 2. The second-order valence-electron chi connectivity index (χ2n) is 5.56. The van der Waals surface area contributed by atoms with Crippen LogP contribution in [0.4, 0.5) is 8.78 Å². The molecule has 0 aromatic heterocycles. The fourth-order valence-corrected chi connectivity index (χ4v) is 2.54. The van der Waals surface area contributed by atoms with E-state index in [0.29, 0.717) is 0 Å². The molecule has 21 heavy (non-hydrogen) atoms. The Morgan fingerprint density at radius 3 is 2.48 bits per heavy atom. The van der Waals surface area contributed by atoms with Gasteiger partial charge in [-0.15, -0.1) is 0 Å². The highest BCUT2D eigenvalue weighted by molar-refractivity contribution is 5.81. The normalized spacial score (nSPS) is 17.6. The Morgan fingerprint density at radius 2 is 1.86 bits per heavy atom. The van der Waals surface area contributed by atoms with Gasteiger partial charge in [-0.1, -0.05) is 30.3 Å². The third-order valence-corrected chi connectivity index (χ3v) is 3.86. The number of amides is 1. The lowest BCUT2D eigenvalue weighted by atomic mass is 10.1. The van der Waals surface area contributed by atoms with Crippen molar-refractivity contribution in [1.29, 1.82) is 0 Å². The molecule has 1 heterocycles. The van der Waals surface area contributed by atoms with Gasteiger partial charge in [0.25, 0.3) is 5.92 Å². The molecule has 1 fully saturated rings. The first-order chi connectivity index (χ1) is 10.0. The SMILES string of the molecule is CC(NCC(F)(F)c1ccccc1)C(=O)N1CCCCC1. The molecule has 1 aromatic carbocycles. The molecule has 0 radical (unpaired) electrons. The summed E-state index contributed by atoms with van der Waals surface area (Å²) in [7, 11) is 0. The zero-order chi connectivity index (χ0) is 15.3. The zero-order valence-electron chi connectivity index (χ0n) is 12.3. The summed E-state index contributed by atoms with van der Waals surface area (Å²) in [5.41, 5.74) is -0.0323. The average Bonchev–Trinajstić information content (AvgIpc) is 2.53. The Balaban J connectivity index is 1.88. The summed E-state index contributed by atoms with van der Waals surface area (Å²) in [4.78, 5) is 13.9. The molecule has 116 valence electrons. The molecule has 1 atom stereocenters. The highest BCUT2D eigenvalue weighted by Crippen LogP contribution is 2.26. The van der Waals surface area contributed by atoms with Crippen LogP contribution in [0.25, 0.3) is 0 Å². The number of nitrogens with zero attached hydrogens (tertiary/aromatic N) is 1. The lowest BCUT2D eigenvalue weighted by Gasteiger charge is -2.30. The molecular weight excluding hydrogens is 274 g/mol. The van der Waals surface area contributed by atoms with E-state index in [9.17, 15) is 13.6 Å². The standard InChI is InChI=1S/C16H22F2N2O/c1-13(15(21)20-10-6-3-7-11-20)19-12-16(17,18)14-8-4-2-5-9-14/h2,4-5,8-9,13,19H,3,6-7,10-12H2,1H3. The number of hydrogen-bond donors (Lipinski definition) is 1. The van der Waals surface area contributed by atoms with E-state index in [1.165, 1.54) is 12.1 Å². The number of carbonyl (C=O) groups excluding carboxylic acids is 1. The van der Waals surface area contributed by atoms with Crippen molar-refractivity contribution in [2.45, 2.75) is 38.2 Å². The average molecular weight is 296 g/mol. The molecule has 1 aliphatic heterocycles. The van der Waals surface area contributed by atoms with Crippen molar-refractivity contribution in [1.82, 2.24) is 10.2 Å². The van der Waals surface area contributed by atoms with E-state index in [2.05, 4.69) is 5.32 Å². The van der Waals surface area contributed by atoms with Crippen molar-refractivity contribution in [2.24, 2.45) is 0 Å². The Kier molecular flexibility index (Phi) is 5.28. The van der Waals surface area contributed by atoms with E-state index in [4.69, 9.17) is 0 Å². The van der Waals surface area contributed by atoms with Gasteiger partial charge >= 0.3 is 0 Å². The van der Waals surface area contributed by atoms with Crippen LogP contribution in [-0.2, 0) is 10.7 Å². The van der Waals surface area contributed by atoms with Gasteiger partial charge in [0.05, 0.1) is 12.6 Å². The zero-order valence-corrected chi connectivity index (χ0v) is 12.3. The van der Waals surface area contributed by atoms with Gasteiger partial charge < -0.3 is 10.2 Å². The van der Waals surface area contributed by atoms with Gasteiger partial charge in [-0.25, -0.2) is 0 Å². The molecule has 0 saturated carbocycles. The number of likely N-dealkylation sites (tertiary alicyclic amines) is 1.